The lowest BCUT2D eigenvalue weighted by atomic mass is 10.2. The van der Waals surface area contributed by atoms with E-state index in [1.165, 1.54) is 30.6 Å². The third-order valence-corrected chi connectivity index (χ3v) is 3.22. The lowest BCUT2D eigenvalue weighted by Crippen LogP contribution is -2.12. The first-order valence-electron chi connectivity index (χ1n) is 5.10. The lowest BCUT2D eigenvalue weighted by Gasteiger charge is -2.05. The van der Waals surface area contributed by atoms with E-state index in [4.69, 9.17) is 0 Å². The van der Waals surface area contributed by atoms with Crippen molar-refractivity contribution in [3.8, 4) is 0 Å². The standard InChI is InChI=1S/C10H10N4O3S2/c1-19(16,17)14-8-4-2-7(3-5-8)9(15)13-10-11-6-12-18-10/h2-6,14H,1H3,(H,11,12,13,15). The van der Waals surface area contributed by atoms with E-state index in [2.05, 4.69) is 19.4 Å². The van der Waals surface area contributed by atoms with E-state index in [-0.39, 0.29) is 5.91 Å². The second-order valence-corrected chi connectivity index (χ2v) is 6.18. The van der Waals surface area contributed by atoms with Gasteiger partial charge >= 0.3 is 0 Å². The van der Waals surface area contributed by atoms with Gasteiger partial charge in [0.25, 0.3) is 5.91 Å². The summed E-state index contributed by atoms with van der Waals surface area (Å²) in [5.41, 5.74) is 0.796. The van der Waals surface area contributed by atoms with Gasteiger partial charge in [0.1, 0.15) is 6.33 Å². The van der Waals surface area contributed by atoms with Crippen LogP contribution in [0.1, 0.15) is 10.4 Å². The Labute approximate surface area is 113 Å². The number of amides is 1. The molecule has 0 radical (unpaired) electrons. The zero-order valence-corrected chi connectivity index (χ0v) is 11.5. The fourth-order valence-electron chi connectivity index (χ4n) is 1.30. The number of nitrogens with one attached hydrogen (secondary N) is 2. The molecule has 2 N–H and O–H groups in total. The van der Waals surface area contributed by atoms with Gasteiger partial charge in [0.2, 0.25) is 15.2 Å². The molecule has 9 heteroatoms. The van der Waals surface area contributed by atoms with Crippen molar-refractivity contribution in [2.75, 3.05) is 16.3 Å². The van der Waals surface area contributed by atoms with Gasteiger partial charge in [-0.15, -0.1) is 0 Å². The highest BCUT2D eigenvalue weighted by molar-refractivity contribution is 7.92. The summed E-state index contributed by atoms with van der Waals surface area (Å²) < 4.78 is 28.1. The molecule has 0 fully saturated rings. The molecule has 1 aromatic carbocycles. The zero-order valence-electron chi connectivity index (χ0n) is 9.82. The Kier molecular flexibility index (Phi) is 3.76. The van der Waals surface area contributed by atoms with E-state index >= 15 is 0 Å². The maximum Gasteiger partial charge on any atom is 0.257 e. The number of aromatic nitrogens is 2. The normalized spacial score (nSPS) is 11.0. The molecular formula is C10H10N4O3S2. The molecule has 0 spiro atoms. The summed E-state index contributed by atoms with van der Waals surface area (Å²) in [7, 11) is -3.32. The van der Waals surface area contributed by atoms with Gasteiger partial charge in [-0.3, -0.25) is 14.8 Å². The number of anilines is 2. The van der Waals surface area contributed by atoms with Crippen molar-refractivity contribution in [3.63, 3.8) is 0 Å². The molecule has 1 aromatic heterocycles. The predicted octanol–water partition coefficient (Wildman–Crippen LogP) is 1.16. The van der Waals surface area contributed by atoms with Gasteiger partial charge in [0.15, 0.2) is 0 Å². The highest BCUT2D eigenvalue weighted by Crippen LogP contribution is 2.13. The van der Waals surface area contributed by atoms with Crippen molar-refractivity contribution < 1.29 is 13.2 Å². The van der Waals surface area contributed by atoms with Crippen molar-refractivity contribution in [3.05, 3.63) is 36.2 Å². The molecule has 0 bridgehead atoms. The summed E-state index contributed by atoms with van der Waals surface area (Å²) in [6.07, 6.45) is 2.41. The molecule has 0 saturated heterocycles. The van der Waals surface area contributed by atoms with E-state index in [1.54, 1.807) is 0 Å². The summed E-state index contributed by atoms with van der Waals surface area (Å²) in [6, 6.07) is 6.06. The van der Waals surface area contributed by atoms with E-state index < -0.39 is 10.0 Å². The van der Waals surface area contributed by atoms with Crippen LogP contribution in [-0.2, 0) is 10.0 Å². The van der Waals surface area contributed by atoms with Gasteiger partial charge in [0, 0.05) is 22.8 Å². The average Bonchev–Trinajstić information content (AvgIpc) is 2.80. The van der Waals surface area contributed by atoms with Crippen LogP contribution in [0.4, 0.5) is 10.8 Å². The van der Waals surface area contributed by atoms with Crippen LogP contribution in [0.15, 0.2) is 30.6 Å². The largest absolute Gasteiger partial charge is 0.297 e. The van der Waals surface area contributed by atoms with Crippen LogP contribution in [-0.4, -0.2) is 29.9 Å². The molecule has 1 amide bonds. The summed E-state index contributed by atoms with van der Waals surface area (Å²) >= 11 is 1.07. The third-order valence-electron chi connectivity index (χ3n) is 2.03. The molecule has 2 aromatic rings. The molecule has 2 rings (SSSR count). The Morgan fingerprint density at radius 1 is 1.26 bits per heavy atom. The van der Waals surface area contributed by atoms with Gasteiger partial charge in [-0.1, -0.05) is 0 Å². The molecule has 7 nitrogen and oxygen atoms in total. The summed E-state index contributed by atoms with van der Waals surface area (Å²) in [6.45, 7) is 0. The maximum absolute atomic E-state index is 11.8. The van der Waals surface area contributed by atoms with Crippen LogP contribution < -0.4 is 10.0 Å². The smallest absolute Gasteiger partial charge is 0.257 e. The maximum atomic E-state index is 11.8. The van der Waals surface area contributed by atoms with Crippen LogP contribution in [0.25, 0.3) is 0 Å². The van der Waals surface area contributed by atoms with Crippen LogP contribution in [0, 0.1) is 0 Å². The summed E-state index contributed by atoms with van der Waals surface area (Å²) in [4.78, 5) is 15.6. The van der Waals surface area contributed by atoms with Gasteiger partial charge in [-0.05, 0) is 24.3 Å². The van der Waals surface area contributed by atoms with E-state index in [0.29, 0.717) is 16.4 Å². The minimum absolute atomic E-state index is 0.331. The summed E-state index contributed by atoms with van der Waals surface area (Å²) in [5.74, 6) is -0.331. The third kappa shape index (κ3) is 4.00. The molecule has 0 unspecified atom stereocenters. The van der Waals surface area contributed by atoms with E-state index in [1.807, 2.05) is 0 Å². The fraction of sp³-hybridized carbons (Fsp3) is 0.100. The number of hydrogen-bond acceptors (Lipinski definition) is 6. The number of carbonyl (C=O) groups excluding carboxylic acids is 1. The molecule has 0 aliphatic rings. The van der Waals surface area contributed by atoms with Crippen LogP contribution in [0.5, 0.6) is 0 Å². The second kappa shape index (κ2) is 5.33. The second-order valence-electron chi connectivity index (χ2n) is 3.65. The lowest BCUT2D eigenvalue weighted by molar-refractivity contribution is 0.102. The first-order chi connectivity index (χ1) is 8.94. The van der Waals surface area contributed by atoms with E-state index in [0.717, 1.165) is 17.8 Å². The zero-order chi connectivity index (χ0) is 13.9. The Morgan fingerprint density at radius 3 is 2.47 bits per heavy atom. The first-order valence-corrected chi connectivity index (χ1v) is 7.76. The predicted molar refractivity (Wildman–Crippen MR) is 72.8 cm³/mol. The fourth-order valence-corrected chi connectivity index (χ4v) is 2.29. The molecule has 0 atom stereocenters. The van der Waals surface area contributed by atoms with E-state index in [9.17, 15) is 13.2 Å². The van der Waals surface area contributed by atoms with Crippen molar-refractivity contribution in [2.45, 2.75) is 0 Å². The van der Waals surface area contributed by atoms with Crippen molar-refractivity contribution in [1.82, 2.24) is 9.36 Å². The monoisotopic (exact) mass is 298 g/mol. The topological polar surface area (TPSA) is 101 Å². The summed E-state index contributed by atoms with van der Waals surface area (Å²) in [5, 5.41) is 2.98. The highest BCUT2D eigenvalue weighted by Gasteiger charge is 2.08. The molecule has 0 saturated carbocycles. The Morgan fingerprint density at radius 2 is 1.95 bits per heavy atom. The van der Waals surface area contributed by atoms with Gasteiger partial charge in [-0.2, -0.15) is 4.37 Å². The van der Waals surface area contributed by atoms with Crippen LogP contribution in [0.2, 0.25) is 0 Å². The minimum Gasteiger partial charge on any atom is -0.297 e. The Balaban J connectivity index is 2.08. The Hall–Kier alpha value is -2.00. The highest BCUT2D eigenvalue weighted by atomic mass is 32.2. The molecule has 19 heavy (non-hydrogen) atoms. The average molecular weight is 298 g/mol. The minimum atomic E-state index is -3.32. The number of rotatable bonds is 4. The SMILES string of the molecule is CS(=O)(=O)Nc1ccc(C(=O)Nc2ncns2)cc1. The number of benzene rings is 1. The van der Waals surface area contributed by atoms with Crippen molar-refractivity contribution in [1.29, 1.82) is 0 Å². The van der Waals surface area contributed by atoms with Crippen molar-refractivity contribution >= 4 is 38.3 Å². The molecule has 0 aliphatic carbocycles. The number of nitrogens with zero attached hydrogens (tertiary/aromatic N) is 2. The Bertz CT molecular complexity index is 665. The van der Waals surface area contributed by atoms with Gasteiger partial charge in [0.05, 0.1) is 6.26 Å². The number of hydrogen-bond donors (Lipinski definition) is 2. The molecular weight excluding hydrogens is 288 g/mol. The van der Waals surface area contributed by atoms with Crippen LogP contribution in [0.3, 0.4) is 0 Å². The van der Waals surface area contributed by atoms with Crippen molar-refractivity contribution in [2.24, 2.45) is 0 Å². The molecule has 0 aliphatic heterocycles. The quantitative estimate of drug-likeness (QED) is 0.882. The number of sulfonamides is 1. The van der Waals surface area contributed by atoms with Gasteiger partial charge in [-0.25, -0.2) is 13.4 Å². The van der Waals surface area contributed by atoms with Gasteiger partial charge < -0.3 is 0 Å². The molecule has 100 valence electrons. The number of carbonyl (C=O) groups is 1. The molecule has 1 heterocycles. The van der Waals surface area contributed by atoms with Crippen LogP contribution >= 0.6 is 11.5 Å². The first kappa shape index (κ1) is 13.4.